The van der Waals surface area contributed by atoms with Gasteiger partial charge in [-0.2, -0.15) is 0 Å². The minimum atomic E-state index is -0.391. The predicted molar refractivity (Wildman–Crippen MR) is 117 cm³/mol. The lowest BCUT2D eigenvalue weighted by atomic mass is 10.1. The zero-order valence-corrected chi connectivity index (χ0v) is 16.8. The number of carbonyl (C=O) groups excluding carboxylic acids is 1. The highest BCUT2D eigenvalue weighted by Crippen LogP contribution is 2.25. The third-order valence-electron chi connectivity index (χ3n) is 4.73. The number of furan rings is 1. The maximum absolute atomic E-state index is 12.8. The lowest BCUT2D eigenvalue weighted by Gasteiger charge is -2.08. The summed E-state index contributed by atoms with van der Waals surface area (Å²) in [5.41, 5.74) is 3.26. The summed E-state index contributed by atoms with van der Waals surface area (Å²) in [4.78, 5) is 34.1. The van der Waals surface area contributed by atoms with Crippen LogP contribution >= 0.6 is 11.3 Å². The SMILES string of the molecule is Cc1nc(-c2cccc(NC(=O)Cn3cnc4c(oc5ccccc54)c3=O)c2)cs1. The van der Waals surface area contributed by atoms with Crippen LogP contribution in [0.25, 0.3) is 33.3 Å². The monoisotopic (exact) mass is 416 g/mol. The summed E-state index contributed by atoms with van der Waals surface area (Å²) < 4.78 is 6.90. The number of thiazole rings is 1. The van der Waals surface area contributed by atoms with E-state index in [4.69, 9.17) is 4.42 Å². The number of para-hydroxylation sites is 1. The lowest BCUT2D eigenvalue weighted by Crippen LogP contribution is -2.27. The first kappa shape index (κ1) is 18.3. The van der Waals surface area contributed by atoms with Gasteiger partial charge in [-0.05, 0) is 31.2 Å². The van der Waals surface area contributed by atoms with Crippen molar-refractivity contribution in [1.82, 2.24) is 14.5 Å². The van der Waals surface area contributed by atoms with Gasteiger partial charge in [-0.15, -0.1) is 11.3 Å². The molecule has 0 saturated heterocycles. The lowest BCUT2D eigenvalue weighted by molar-refractivity contribution is -0.116. The van der Waals surface area contributed by atoms with Crippen LogP contribution in [-0.2, 0) is 11.3 Å². The summed E-state index contributed by atoms with van der Waals surface area (Å²) in [6.45, 7) is 1.78. The van der Waals surface area contributed by atoms with Crippen LogP contribution in [0.5, 0.6) is 0 Å². The van der Waals surface area contributed by atoms with E-state index in [0.29, 0.717) is 16.8 Å². The van der Waals surface area contributed by atoms with E-state index in [-0.39, 0.29) is 18.0 Å². The quantitative estimate of drug-likeness (QED) is 0.474. The number of carbonyl (C=O) groups is 1. The summed E-state index contributed by atoms with van der Waals surface area (Å²) in [6, 6.07) is 14.8. The molecule has 5 aromatic rings. The zero-order chi connectivity index (χ0) is 20.7. The molecule has 0 unspecified atom stereocenters. The molecule has 1 amide bonds. The van der Waals surface area contributed by atoms with Gasteiger partial charge in [-0.1, -0.05) is 24.3 Å². The molecule has 1 N–H and O–H groups in total. The van der Waals surface area contributed by atoms with Crippen molar-refractivity contribution in [3.63, 3.8) is 0 Å². The Morgan fingerprint density at radius 1 is 1.20 bits per heavy atom. The van der Waals surface area contributed by atoms with E-state index in [1.807, 2.05) is 48.7 Å². The van der Waals surface area contributed by atoms with E-state index in [1.54, 1.807) is 23.5 Å². The molecule has 5 rings (SSSR count). The van der Waals surface area contributed by atoms with Crippen LogP contribution in [-0.4, -0.2) is 20.4 Å². The Morgan fingerprint density at radius 2 is 2.07 bits per heavy atom. The molecular formula is C22H16N4O3S. The molecule has 7 nitrogen and oxygen atoms in total. The summed E-state index contributed by atoms with van der Waals surface area (Å²) in [7, 11) is 0. The van der Waals surface area contributed by atoms with Crippen LogP contribution < -0.4 is 10.9 Å². The maximum atomic E-state index is 12.8. The van der Waals surface area contributed by atoms with Gasteiger partial charge in [0.1, 0.15) is 17.6 Å². The molecule has 0 fully saturated rings. The maximum Gasteiger partial charge on any atom is 0.297 e. The van der Waals surface area contributed by atoms with E-state index in [2.05, 4.69) is 15.3 Å². The molecule has 0 radical (unpaired) electrons. The van der Waals surface area contributed by atoms with Crippen molar-refractivity contribution in [3.05, 3.63) is 75.6 Å². The summed E-state index contributed by atoms with van der Waals surface area (Å²) >= 11 is 1.57. The number of hydrogen-bond acceptors (Lipinski definition) is 6. The summed E-state index contributed by atoms with van der Waals surface area (Å²) in [6.07, 6.45) is 1.38. The van der Waals surface area contributed by atoms with Crippen molar-refractivity contribution in [3.8, 4) is 11.3 Å². The van der Waals surface area contributed by atoms with Crippen LogP contribution in [0.3, 0.4) is 0 Å². The van der Waals surface area contributed by atoms with Crippen LogP contribution in [0.1, 0.15) is 5.01 Å². The zero-order valence-electron chi connectivity index (χ0n) is 16.0. The molecule has 0 saturated carbocycles. The highest BCUT2D eigenvalue weighted by molar-refractivity contribution is 7.09. The summed E-state index contributed by atoms with van der Waals surface area (Å²) in [5, 5.41) is 6.56. The second-order valence-corrected chi connectivity index (χ2v) is 7.90. The van der Waals surface area contributed by atoms with Gasteiger partial charge in [0, 0.05) is 22.0 Å². The third kappa shape index (κ3) is 3.27. The number of aromatic nitrogens is 3. The minimum Gasteiger partial charge on any atom is -0.448 e. The number of benzene rings is 2. The molecule has 8 heteroatoms. The van der Waals surface area contributed by atoms with Crippen LogP contribution in [0, 0.1) is 6.92 Å². The smallest absolute Gasteiger partial charge is 0.297 e. The van der Waals surface area contributed by atoms with Gasteiger partial charge in [0.15, 0.2) is 0 Å². The number of rotatable bonds is 4. The number of nitrogens with zero attached hydrogens (tertiary/aromatic N) is 3. The first-order valence-corrected chi connectivity index (χ1v) is 10.2. The van der Waals surface area contributed by atoms with Gasteiger partial charge in [-0.25, -0.2) is 9.97 Å². The van der Waals surface area contributed by atoms with Crippen LogP contribution in [0.4, 0.5) is 5.69 Å². The van der Waals surface area contributed by atoms with Crippen molar-refractivity contribution >= 4 is 45.0 Å². The topological polar surface area (TPSA) is 90.0 Å². The van der Waals surface area contributed by atoms with E-state index in [1.165, 1.54) is 10.9 Å². The number of fused-ring (bicyclic) bond motifs is 3. The molecular weight excluding hydrogens is 400 g/mol. The van der Waals surface area contributed by atoms with E-state index >= 15 is 0 Å². The highest BCUT2D eigenvalue weighted by Gasteiger charge is 2.15. The highest BCUT2D eigenvalue weighted by atomic mass is 32.1. The number of hydrogen-bond donors (Lipinski definition) is 1. The summed E-state index contributed by atoms with van der Waals surface area (Å²) in [5.74, 6) is -0.332. The second-order valence-electron chi connectivity index (χ2n) is 6.83. The average molecular weight is 416 g/mol. The normalized spacial score (nSPS) is 11.2. The fraction of sp³-hybridized carbons (Fsp3) is 0.0909. The van der Waals surface area contributed by atoms with Gasteiger partial charge >= 0.3 is 0 Å². The number of anilines is 1. The number of amides is 1. The third-order valence-corrected chi connectivity index (χ3v) is 5.50. The van der Waals surface area contributed by atoms with E-state index < -0.39 is 5.56 Å². The van der Waals surface area contributed by atoms with Gasteiger partial charge < -0.3 is 9.73 Å². The predicted octanol–water partition coefficient (Wildman–Crippen LogP) is 4.21. The van der Waals surface area contributed by atoms with Crippen molar-refractivity contribution in [2.24, 2.45) is 0 Å². The number of nitrogens with one attached hydrogen (secondary N) is 1. The second kappa shape index (κ2) is 7.23. The van der Waals surface area contributed by atoms with E-state index in [0.717, 1.165) is 21.7 Å². The van der Waals surface area contributed by atoms with E-state index in [9.17, 15) is 9.59 Å². The van der Waals surface area contributed by atoms with Crippen molar-refractivity contribution < 1.29 is 9.21 Å². The van der Waals surface area contributed by atoms with Crippen LogP contribution in [0.2, 0.25) is 0 Å². The van der Waals surface area contributed by atoms with Gasteiger partial charge in [-0.3, -0.25) is 14.2 Å². The van der Waals surface area contributed by atoms with Crippen molar-refractivity contribution in [2.45, 2.75) is 13.5 Å². The Balaban J connectivity index is 1.39. The molecule has 0 aliphatic carbocycles. The standard InChI is InChI=1S/C22H16N4O3S/c1-13-24-17(11-30-13)14-5-4-6-15(9-14)25-19(27)10-26-12-23-20-16-7-2-3-8-18(16)29-21(20)22(26)28/h2-9,11-12H,10H2,1H3,(H,25,27). The first-order chi connectivity index (χ1) is 14.6. The molecule has 0 atom stereocenters. The molecule has 30 heavy (non-hydrogen) atoms. The average Bonchev–Trinajstić information content (AvgIpc) is 3.34. The fourth-order valence-corrected chi connectivity index (χ4v) is 3.96. The Morgan fingerprint density at radius 3 is 2.90 bits per heavy atom. The van der Waals surface area contributed by atoms with Crippen LogP contribution in [0.15, 0.2) is 69.5 Å². The number of aryl methyl sites for hydroxylation is 1. The largest absolute Gasteiger partial charge is 0.448 e. The van der Waals surface area contributed by atoms with Gasteiger partial charge in [0.25, 0.3) is 5.56 Å². The Hall–Kier alpha value is -3.78. The Labute approximate surface area is 174 Å². The molecule has 0 aliphatic heterocycles. The first-order valence-electron chi connectivity index (χ1n) is 9.27. The molecule has 3 aromatic heterocycles. The van der Waals surface area contributed by atoms with Crippen molar-refractivity contribution in [2.75, 3.05) is 5.32 Å². The molecule has 2 aromatic carbocycles. The fourth-order valence-electron chi connectivity index (χ4n) is 3.34. The molecule has 0 aliphatic rings. The molecule has 3 heterocycles. The van der Waals surface area contributed by atoms with Gasteiger partial charge in [0.05, 0.1) is 17.0 Å². The molecule has 0 spiro atoms. The molecule has 148 valence electrons. The molecule has 0 bridgehead atoms. The van der Waals surface area contributed by atoms with Gasteiger partial charge in [0.2, 0.25) is 11.5 Å². The Bertz CT molecular complexity index is 1460. The minimum absolute atomic E-state index is 0.146. The van der Waals surface area contributed by atoms with Crippen molar-refractivity contribution in [1.29, 1.82) is 0 Å². The Kier molecular flexibility index (Phi) is 4.40.